The first-order chi connectivity index (χ1) is 10.8. The zero-order valence-corrected chi connectivity index (χ0v) is 13.5. The Kier molecular flexibility index (Phi) is 4.70. The van der Waals surface area contributed by atoms with Crippen LogP contribution < -0.4 is 5.32 Å². The van der Waals surface area contributed by atoms with Gasteiger partial charge in [-0.15, -0.1) is 11.3 Å². The number of anilines is 2. The fourth-order valence-electron chi connectivity index (χ4n) is 2.59. The summed E-state index contributed by atoms with van der Waals surface area (Å²) in [5.74, 6) is 0.110. The van der Waals surface area contributed by atoms with Gasteiger partial charge in [-0.25, -0.2) is 4.98 Å². The first-order valence-electron chi connectivity index (χ1n) is 7.54. The lowest BCUT2D eigenvalue weighted by Gasteiger charge is -2.34. The molecule has 0 saturated carbocycles. The Balaban J connectivity index is 1.68. The summed E-state index contributed by atoms with van der Waals surface area (Å²) in [5, 5.41) is 5.98. The summed E-state index contributed by atoms with van der Waals surface area (Å²) in [6.45, 7) is 6.73. The van der Waals surface area contributed by atoms with Crippen LogP contribution in [0.2, 0.25) is 0 Å². The van der Waals surface area contributed by atoms with E-state index in [-0.39, 0.29) is 5.91 Å². The first kappa shape index (κ1) is 15.0. The second-order valence-electron chi connectivity index (χ2n) is 5.27. The number of likely N-dealkylation sites (N-methyl/N-ethyl adjacent to an activating group) is 1. The molecule has 2 heterocycles. The van der Waals surface area contributed by atoms with Crippen LogP contribution in [-0.4, -0.2) is 53.4 Å². The van der Waals surface area contributed by atoms with Crippen molar-refractivity contribution in [2.24, 2.45) is 0 Å². The smallest absolute Gasteiger partial charge is 0.254 e. The fraction of sp³-hybridized carbons (Fsp3) is 0.375. The van der Waals surface area contributed by atoms with Crippen molar-refractivity contribution in [3.63, 3.8) is 0 Å². The van der Waals surface area contributed by atoms with Gasteiger partial charge in [0.1, 0.15) is 0 Å². The highest BCUT2D eigenvalue weighted by Crippen LogP contribution is 2.20. The van der Waals surface area contributed by atoms with Crippen LogP contribution >= 0.6 is 11.3 Å². The van der Waals surface area contributed by atoms with Crippen molar-refractivity contribution in [2.75, 3.05) is 38.0 Å². The van der Waals surface area contributed by atoms with Crippen molar-refractivity contribution in [3.05, 3.63) is 41.4 Å². The van der Waals surface area contributed by atoms with Gasteiger partial charge < -0.3 is 15.1 Å². The number of thiazole rings is 1. The van der Waals surface area contributed by atoms with Crippen LogP contribution in [0.15, 0.2) is 35.8 Å². The largest absolute Gasteiger partial charge is 0.336 e. The van der Waals surface area contributed by atoms with Crippen LogP contribution in [-0.2, 0) is 0 Å². The normalized spacial score (nSPS) is 15.8. The first-order valence-corrected chi connectivity index (χ1v) is 8.42. The molecule has 116 valence electrons. The molecule has 1 aromatic heterocycles. The molecule has 6 heteroatoms. The zero-order chi connectivity index (χ0) is 15.4. The summed E-state index contributed by atoms with van der Waals surface area (Å²) in [5.41, 5.74) is 1.62. The second kappa shape index (κ2) is 6.89. The van der Waals surface area contributed by atoms with Gasteiger partial charge in [-0.2, -0.15) is 0 Å². The van der Waals surface area contributed by atoms with Crippen molar-refractivity contribution in [2.45, 2.75) is 6.92 Å². The summed E-state index contributed by atoms with van der Waals surface area (Å²) in [7, 11) is 0. The van der Waals surface area contributed by atoms with E-state index in [1.807, 2.05) is 34.5 Å². The molecule has 1 aromatic carbocycles. The Hall–Kier alpha value is -1.92. The molecule has 1 fully saturated rings. The van der Waals surface area contributed by atoms with E-state index in [2.05, 4.69) is 22.1 Å². The van der Waals surface area contributed by atoms with Gasteiger partial charge in [-0.3, -0.25) is 4.79 Å². The van der Waals surface area contributed by atoms with Crippen molar-refractivity contribution < 1.29 is 4.79 Å². The third-order valence-corrected chi connectivity index (χ3v) is 4.59. The lowest BCUT2D eigenvalue weighted by atomic mass is 10.1. The molecule has 3 rings (SSSR count). The zero-order valence-electron chi connectivity index (χ0n) is 12.7. The number of amides is 1. The molecule has 0 spiro atoms. The summed E-state index contributed by atoms with van der Waals surface area (Å²) in [4.78, 5) is 21.1. The number of piperazine rings is 1. The Morgan fingerprint density at radius 3 is 2.82 bits per heavy atom. The molecule has 0 atom stereocenters. The van der Waals surface area contributed by atoms with E-state index in [0.29, 0.717) is 0 Å². The molecule has 0 aliphatic carbocycles. The monoisotopic (exact) mass is 316 g/mol. The van der Waals surface area contributed by atoms with Gasteiger partial charge in [0.2, 0.25) is 0 Å². The maximum absolute atomic E-state index is 12.6. The number of benzene rings is 1. The maximum atomic E-state index is 12.6. The molecular formula is C16H20N4OS. The molecule has 0 radical (unpaired) electrons. The van der Waals surface area contributed by atoms with Crippen LogP contribution in [0.4, 0.5) is 10.8 Å². The van der Waals surface area contributed by atoms with Gasteiger partial charge in [0.05, 0.1) is 0 Å². The van der Waals surface area contributed by atoms with Crippen LogP contribution in [0.25, 0.3) is 0 Å². The summed E-state index contributed by atoms with van der Waals surface area (Å²) in [6, 6.07) is 7.64. The molecule has 1 aliphatic heterocycles. The van der Waals surface area contributed by atoms with Crippen LogP contribution in [0, 0.1) is 0 Å². The van der Waals surface area contributed by atoms with E-state index < -0.39 is 0 Å². The molecule has 22 heavy (non-hydrogen) atoms. The Morgan fingerprint density at radius 2 is 2.14 bits per heavy atom. The predicted molar refractivity (Wildman–Crippen MR) is 89.9 cm³/mol. The number of rotatable bonds is 4. The average molecular weight is 316 g/mol. The van der Waals surface area contributed by atoms with Gasteiger partial charge in [0.25, 0.3) is 5.91 Å². The third-order valence-electron chi connectivity index (χ3n) is 3.90. The Labute approximate surface area is 134 Å². The van der Waals surface area contributed by atoms with Crippen molar-refractivity contribution in [1.29, 1.82) is 0 Å². The van der Waals surface area contributed by atoms with E-state index in [0.717, 1.165) is 49.1 Å². The minimum atomic E-state index is 0.110. The van der Waals surface area contributed by atoms with E-state index in [1.54, 1.807) is 6.20 Å². The standard InChI is InChI=1S/C16H20N4OS/c1-2-19-7-9-20(10-8-19)15(21)13-4-3-5-14(12-13)18-16-17-6-11-22-16/h3-6,11-12H,2,7-10H2,1H3,(H,17,18). The highest BCUT2D eigenvalue weighted by molar-refractivity contribution is 7.13. The van der Waals surface area contributed by atoms with Gasteiger partial charge in [0, 0.05) is 49.0 Å². The van der Waals surface area contributed by atoms with Crippen LogP contribution in [0.1, 0.15) is 17.3 Å². The molecule has 1 saturated heterocycles. The molecule has 5 nitrogen and oxygen atoms in total. The second-order valence-corrected chi connectivity index (χ2v) is 6.16. The minimum absolute atomic E-state index is 0.110. The number of hydrogen-bond donors (Lipinski definition) is 1. The Bertz CT molecular complexity index is 621. The third kappa shape index (κ3) is 3.45. The molecule has 0 unspecified atom stereocenters. The number of carbonyl (C=O) groups excluding carboxylic acids is 1. The molecule has 1 aliphatic rings. The summed E-state index contributed by atoms with van der Waals surface area (Å²) in [6.07, 6.45) is 1.76. The number of aromatic nitrogens is 1. The van der Waals surface area contributed by atoms with E-state index in [1.165, 1.54) is 11.3 Å². The van der Waals surface area contributed by atoms with Crippen LogP contribution in [0.5, 0.6) is 0 Å². The summed E-state index contributed by atoms with van der Waals surface area (Å²) >= 11 is 1.54. The molecular weight excluding hydrogens is 296 g/mol. The van der Waals surface area contributed by atoms with Gasteiger partial charge >= 0.3 is 0 Å². The number of nitrogens with one attached hydrogen (secondary N) is 1. The van der Waals surface area contributed by atoms with Crippen molar-refractivity contribution in [3.8, 4) is 0 Å². The fourth-order valence-corrected chi connectivity index (χ4v) is 3.14. The topological polar surface area (TPSA) is 48.5 Å². The lowest BCUT2D eigenvalue weighted by Crippen LogP contribution is -2.48. The maximum Gasteiger partial charge on any atom is 0.254 e. The van der Waals surface area contributed by atoms with Crippen LogP contribution in [0.3, 0.4) is 0 Å². The average Bonchev–Trinajstić information content (AvgIpc) is 3.07. The highest BCUT2D eigenvalue weighted by Gasteiger charge is 2.21. The lowest BCUT2D eigenvalue weighted by molar-refractivity contribution is 0.0643. The van der Waals surface area contributed by atoms with E-state index in [9.17, 15) is 4.79 Å². The predicted octanol–water partition coefficient (Wildman–Crippen LogP) is 2.66. The highest BCUT2D eigenvalue weighted by atomic mass is 32.1. The molecule has 0 bridgehead atoms. The number of hydrogen-bond acceptors (Lipinski definition) is 5. The quantitative estimate of drug-likeness (QED) is 0.942. The number of nitrogens with zero attached hydrogens (tertiary/aromatic N) is 3. The van der Waals surface area contributed by atoms with Gasteiger partial charge in [-0.1, -0.05) is 13.0 Å². The summed E-state index contributed by atoms with van der Waals surface area (Å²) < 4.78 is 0. The van der Waals surface area contributed by atoms with E-state index >= 15 is 0 Å². The molecule has 1 N–H and O–H groups in total. The van der Waals surface area contributed by atoms with Gasteiger partial charge in [0.15, 0.2) is 5.13 Å². The number of carbonyl (C=O) groups is 1. The van der Waals surface area contributed by atoms with Gasteiger partial charge in [-0.05, 0) is 24.7 Å². The Morgan fingerprint density at radius 1 is 1.32 bits per heavy atom. The van der Waals surface area contributed by atoms with Crippen molar-refractivity contribution >= 4 is 28.1 Å². The minimum Gasteiger partial charge on any atom is -0.336 e. The SMILES string of the molecule is CCN1CCN(C(=O)c2cccc(Nc3nccs3)c2)CC1. The van der Waals surface area contributed by atoms with Crippen molar-refractivity contribution in [1.82, 2.24) is 14.8 Å². The van der Waals surface area contributed by atoms with E-state index in [4.69, 9.17) is 0 Å². The molecule has 2 aromatic rings. The molecule has 1 amide bonds.